The minimum absolute atomic E-state index is 0.0336. The maximum atomic E-state index is 13.3. The van der Waals surface area contributed by atoms with E-state index in [1.54, 1.807) is 12.1 Å². The number of nitrogens with zero attached hydrogens (tertiary/aromatic N) is 2. The molecule has 10 heteroatoms. The molecule has 0 radical (unpaired) electrons. The Morgan fingerprint density at radius 3 is 2.67 bits per heavy atom. The summed E-state index contributed by atoms with van der Waals surface area (Å²) in [4.78, 5) is 35.5. The molecule has 36 heavy (non-hydrogen) atoms. The number of carbonyl (C=O) groups excluding carboxylic acids is 2. The number of aromatic nitrogens is 1. The maximum absolute atomic E-state index is 13.3. The SMILES string of the molecule is Cc1[nH]c2ccccc2c1C(=O)CSC1=N/C(=C\c2ccco2)C(=O)N1c1ccc(OC(F)F)cc1. The second-order valence-electron chi connectivity index (χ2n) is 7.83. The smallest absolute Gasteiger partial charge is 0.387 e. The van der Waals surface area contributed by atoms with Crippen LogP contribution in [0.4, 0.5) is 14.5 Å². The number of para-hydroxylation sites is 1. The molecule has 1 amide bonds. The van der Waals surface area contributed by atoms with E-state index in [-0.39, 0.29) is 28.2 Å². The molecule has 0 aliphatic carbocycles. The van der Waals surface area contributed by atoms with Gasteiger partial charge in [-0.3, -0.25) is 14.5 Å². The lowest BCUT2D eigenvalue weighted by Crippen LogP contribution is -2.30. The number of aliphatic imine (C=N–C) groups is 1. The molecule has 2 aromatic heterocycles. The molecule has 0 saturated heterocycles. The third-order valence-corrected chi connectivity index (χ3v) is 6.42. The van der Waals surface area contributed by atoms with Crippen LogP contribution in [0.5, 0.6) is 5.75 Å². The second kappa shape index (κ2) is 9.82. The van der Waals surface area contributed by atoms with E-state index in [4.69, 9.17) is 4.42 Å². The summed E-state index contributed by atoms with van der Waals surface area (Å²) < 4.78 is 34.8. The monoisotopic (exact) mass is 507 g/mol. The third kappa shape index (κ3) is 4.67. The zero-order valence-corrected chi connectivity index (χ0v) is 19.7. The third-order valence-electron chi connectivity index (χ3n) is 5.48. The summed E-state index contributed by atoms with van der Waals surface area (Å²) in [5.41, 5.74) is 2.74. The molecule has 5 rings (SSSR count). The number of fused-ring (bicyclic) bond motifs is 1. The number of H-pyrrole nitrogens is 1. The zero-order chi connectivity index (χ0) is 25.2. The van der Waals surface area contributed by atoms with Crippen molar-refractivity contribution in [2.45, 2.75) is 13.5 Å². The topological polar surface area (TPSA) is 87.9 Å². The number of Topliss-reactive ketones (excluding diaryl/α,β-unsaturated/α-hetero) is 1. The summed E-state index contributed by atoms with van der Waals surface area (Å²) in [5, 5.41) is 1.11. The lowest BCUT2D eigenvalue weighted by atomic mass is 10.1. The number of amides is 1. The van der Waals surface area contributed by atoms with E-state index in [9.17, 15) is 18.4 Å². The first-order valence-electron chi connectivity index (χ1n) is 10.9. The number of ether oxygens (including phenoxy) is 1. The molecule has 0 unspecified atom stereocenters. The van der Waals surface area contributed by atoms with E-state index in [2.05, 4.69) is 14.7 Å². The van der Waals surface area contributed by atoms with Crippen LogP contribution in [0.25, 0.3) is 17.0 Å². The molecule has 1 aliphatic rings. The Hall–Kier alpha value is -4.18. The van der Waals surface area contributed by atoms with Crippen molar-refractivity contribution in [2.75, 3.05) is 10.7 Å². The number of furan rings is 1. The number of rotatable bonds is 7. The Labute approximate surface area is 208 Å². The van der Waals surface area contributed by atoms with Crippen molar-refractivity contribution in [3.8, 4) is 5.75 Å². The van der Waals surface area contributed by atoms with Crippen LogP contribution >= 0.6 is 11.8 Å². The van der Waals surface area contributed by atoms with Crippen LogP contribution in [0.1, 0.15) is 21.8 Å². The minimum atomic E-state index is -2.96. The number of benzene rings is 2. The first-order chi connectivity index (χ1) is 17.4. The molecule has 0 fully saturated rings. The fourth-order valence-corrected chi connectivity index (χ4v) is 4.83. The van der Waals surface area contributed by atoms with Crippen LogP contribution in [-0.4, -0.2) is 34.2 Å². The Morgan fingerprint density at radius 1 is 1.17 bits per heavy atom. The van der Waals surface area contributed by atoms with Crippen molar-refractivity contribution in [1.82, 2.24) is 4.98 Å². The largest absolute Gasteiger partial charge is 0.465 e. The van der Waals surface area contributed by atoms with Crippen molar-refractivity contribution in [3.63, 3.8) is 0 Å². The van der Waals surface area contributed by atoms with Gasteiger partial charge in [-0.2, -0.15) is 8.78 Å². The van der Waals surface area contributed by atoms with Gasteiger partial charge in [-0.15, -0.1) is 0 Å². The highest BCUT2D eigenvalue weighted by atomic mass is 32.2. The van der Waals surface area contributed by atoms with Crippen LogP contribution in [0, 0.1) is 6.92 Å². The summed E-state index contributed by atoms with van der Waals surface area (Å²) in [7, 11) is 0. The molecule has 0 bridgehead atoms. The average Bonchev–Trinajstić information content (AvgIpc) is 3.56. The predicted octanol–water partition coefficient (Wildman–Crippen LogP) is 6.03. The van der Waals surface area contributed by atoms with Gasteiger partial charge in [-0.25, -0.2) is 4.99 Å². The first kappa shape index (κ1) is 23.6. The number of aryl methyl sites for hydroxylation is 1. The van der Waals surface area contributed by atoms with E-state index < -0.39 is 12.5 Å². The molecule has 3 heterocycles. The molecule has 4 aromatic rings. The minimum Gasteiger partial charge on any atom is -0.465 e. The normalized spacial score (nSPS) is 14.8. The fraction of sp³-hybridized carbons (Fsp3) is 0.115. The van der Waals surface area contributed by atoms with Gasteiger partial charge in [0, 0.05) is 28.2 Å². The van der Waals surface area contributed by atoms with Crippen LogP contribution in [0.15, 0.2) is 82.0 Å². The van der Waals surface area contributed by atoms with E-state index in [0.29, 0.717) is 17.0 Å². The van der Waals surface area contributed by atoms with Gasteiger partial charge < -0.3 is 14.1 Å². The molecular formula is C26H19F2N3O4S. The number of anilines is 1. The van der Waals surface area contributed by atoms with Gasteiger partial charge in [0.1, 0.15) is 17.2 Å². The molecule has 0 saturated carbocycles. The van der Waals surface area contributed by atoms with E-state index in [0.717, 1.165) is 28.4 Å². The molecule has 0 atom stereocenters. The summed E-state index contributed by atoms with van der Waals surface area (Å²) >= 11 is 1.11. The molecule has 2 aromatic carbocycles. The Kier molecular flexibility index (Phi) is 6.43. The van der Waals surface area contributed by atoms with Crippen LogP contribution < -0.4 is 9.64 Å². The number of hydrogen-bond acceptors (Lipinski definition) is 6. The van der Waals surface area contributed by atoms with Crippen LogP contribution in [-0.2, 0) is 4.79 Å². The number of nitrogens with one attached hydrogen (secondary N) is 1. The highest BCUT2D eigenvalue weighted by molar-refractivity contribution is 8.14. The highest BCUT2D eigenvalue weighted by Gasteiger charge is 2.33. The van der Waals surface area contributed by atoms with Gasteiger partial charge >= 0.3 is 6.61 Å². The molecule has 1 N–H and O–H groups in total. The van der Waals surface area contributed by atoms with Gasteiger partial charge in [-0.05, 0) is 49.4 Å². The van der Waals surface area contributed by atoms with Gasteiger partial charge in [0.25, 0.3) is 5.91 Å². The number of alkyl halides is 2. The summed E-state index contributed by atoms with van der Waals surface area (Å²) in [6.07, 6.45) is 2.98. The summed E-state index contributed by atoms with van der Waals surface area (Å²) in [6.45, 7) is -1.12. The van der Waals surface area contributed by atoms with Gasteiger partial charge in [0.15, 0.2) is 11.0 Å². The Bertz CT molecular complexity index is 1490. The zero-order valence-electron chi connectivity index (χ0n) is 18.9. The van der Waals surface area contributed by atoms with E-state index >= 15 is 0 Å². The Balaban J connectivity index is 1.43. The number of thioether (sulfide) groups is 1. The average molecular weight is 508 g/mol. The van der Waals surface area contributed by atoms with Gasteiger partial charge in [0.05, 0.1) is 17.7 Å². The fourth-order valence-electron chi connectivity index (χ4n) is 3.94. The summed E-state index contributed by atoms with van der Waals surface area (Å²) in [6, 6.07) is 16.6. The predicted molar refractivity (Wildman–Crippen MR) is 135 cm³/mol. The van der Waals surface area contributed by atoms with Crippen molar-refractivity contribution in [1.29, 1.82) is 0 Å². The number of amidine groups is 1. The van der Waals surface area contributed by atoms with E-state index in [1.807, 2.05) is 31.2 Å². The molecule has 0 spiro atoms. The maximum Gasteiger partial charge on any atom is 0.387 e. The number of carbonyl (C=O) groups is 2. The number of ketones is 1. The molecule has 1 aliphatic heterocycles. The van der Waals surface area contributed by atoms with Gasteiger partial charge in [0.2, 0.25) is 0 Å². The summed E-state index contributed by atoms with van der Waals surface area (Å²) in [5.74, 6) is -0.116. The van der Waals surface area contributed by atoms with Crippen molar-refractivity contribution < 1.29 is 27.5 Å². The number of halogens is 2. The van der Waals surface area contributed by atoms with Crippen LogP contribution in [0.2, 0.25) is 0 Å². The molecular weight excluding hydrogens is 488 g/mol. The van der Waals surface area contributed by atoms with Crippen molar-refractivity contribution in [3.05, 3.63) is 89.6 Å². The van der Waals surface area contributed by atoms with Crippen molar-refractivity contribution in [2.24, 2.45) is 4.99 Å². The first-order valence-corrected chi connectivity index (χ1v) is 11.9. The highest BCUT2D eigenvalue weighted by Crippen LogP contribution is 2.32. The van der Waals surface area contributed by atoms with Gasteiger partial charge in [-0.1, -0.05) is 30.0 Å². The van der Waals surface area contributed by atoms with E-state index in [1.165, 1.54) is 41.5 Å². The van der Waals surface area contributed by atoms with Crippen LogP contribution in [0.3, 0.4) is 0 Å². The second-order valence-corrected chi connectivity index (χ2v) is 8.78. The van der Waals surface area contributed by atoms with Crippen molar-refractivity contribution >= 4 is 51.3 Å². The molecule has 7 nitrogen and oxygen atoms in total. The number of hydrogen-bond donors (Lipinski definition) is 1. The lowest BCUT2D eigenvalue weighted by molar-refractivity contribution is -0.113. The molecule has 182 valence electrons. The lowest BCUT2D eigenvalue weighted by Gasteiger charge is -2.18. The standard InChI is InChI=1S/C26H19F2N3O4S/c1-15-23(19-6-2-3-7-20(19)29-15)22(32)14-36-26-30-21(13-18-5-4-12-34-18)24(33)31(26)16-8-10-17(11-9-16)35-25(27)28/h2-13,25,29H,14H2,1H3/b21-13-. The Morgan fingerprint density at radius 2 is 1.94 bits per heavy atom. The number of aromatic amines is 1. The quantitative estimate of drug-likeness (QED) is 0.244.